The SMILES string of the molecule is [2H]c1c([2H])c([2H])c(-c2c([2H])c([2H])c([2H])c(-c3cccc4c3c3ccccc3n4-c3ccc4c(c3)c3ccccc3n4-c3cccc([Si](c4ccccc4)(c4ccccc4)c4ccc(-c5ccccc5)cc4)c3)c2[2H])c([2H])c1[2H]. The minimum Gasteiger partial charge on any atom is -0.309 e. The van der Waals surface area contributed by atoms with E-state index in [2.05, 4.69) is 185 Å². The van der Waals surface area contributed by atoms with Gasteiger partial charge in [0.2, 0.25) is 0 Å². The van der Waals surface area contributed by atoms with Crippen LogP contribution in [0.3, 0.4) is 0 Å². The van der Waals surface area contributed by atoms with E-state index in [1.165, 1.54) is 31.9 Å². The summed E-state index contributed by atoms with van der Waals surface area (Å²) in [6.07, 6.45) is 0. The van der Waals surface area contributed by atoms with Gasteiger partial charge in [0.1, 0.15) is 0 Å². The summed E-state index contributed by atoms with van der Waals surface area (Å²) >= 11 is 0. The highest BCUT2D eigenvalue weighted by atomic mass is 28.3. The van der Waals surface area contributed by atoms with Gasteiger partial charge in [0.15, 0.2) is 8.07 Å². The van der Waals surface area contributed by atoms with Gasteiger partial charge in [-0.1, -0.05) is 224 Å². The van der Waals surface area contributed by atoms with Gasteiger partial charge < -0.3 is 9.13 Å². The Kier molecular flexibility index (Phi) is 7.82. The summed E-state index contributed by atoms with van der Waals surface area (Å²) in [6.45, 7) is 0. The molecule has 13 aromatic rings. The van der Waals surface area contributed by atoms with Crippen LogP contribution < -0.4 is 20.7 Å². The fraction of sp³-hybridized carbons (Fsp3) is 0. The number of para-hydroxylation sites is 2. The maximum Gasteiger partial charge on any atom is 0.179 e. The summed E-state index contributed by atoms with van der Waals surface area (Å²) in [6, 6.07) is 74.5. The van der Waals surface area contributed by atoms with Gasteiger partial charge in [-0.3, -0.25) is 0 Å². The molecule has 3 heteroatoms. The Balaban J connectivity index is 1.01. The van der Waals surface area contributed by atoms with E-state index in [0.29, 0.717) is 10.9 Å². The van der Waals surface area contributed by atoms with Gasteiger partial charge in [-0.25, -0.2) is 0 Å². The van der Waals surface area contributed by atoms with Crippen LogP contribution in [0.1, 0.15) is 12.3 Å². The van der Waals surface area contributed by atoms with Crippen LogP contribution >= 0.6 is 0 Å². The molecule has 2 nitrogen and oxygen atoms in total. The first-order valence-corrected chi connectivity index (χ1v) is 25.1. The van der Waals surface area contributed by atoms with Crippen molar-refractivity contribution in [3.05, 3.63) is 279 Å². The summed E-state index contributed by atoms with van der Waals surface area (Å²) in [5.74, 6) is 0. The molecule has 324 valence electrons. The predicted octanol–water partition coefficient (Wildman–Crippen LogP) is 14.3. The number of aromatic nitrogens is 2. The molecular formula is C66H46N2Si. The van der Waals surface area contributed by atoms with E-state index in [1.54, 1.807) is 6.07 Å². The van der Waals surface area contributed by atoms with Crippen molar-refractivity contribution in [3.63, 3.8) is 0 Å². The Morgan fingerprint density at radius 1 is 0.304 bits per heavy atom. The number of hydrogen-bond acceptors (Lipinski definition) is 0. The molecule has 0 unspecified atom stereocenters. The topological polar surface area (TPSA) is 9.86 Å². The van der Waals surface area contributed by atoms with Crippen molar-refractivity contribution >= 4 is 72.4 Å². The second-order valence-corrected chi connectivity index (χ2v) is 21.1. The monoisotopic (exact) mass is 903 g/mol. The molecule has 13 rings (SSSR count). The zero-order valence-electron chi connectivity index (χ0n) is 46.3. The van der Waals surface area contributed by atoms with E-state index in [4.69, 9.17) is 9.60 Å². The highest BCUT2D eigenvalue weighted by Gasteiger charge is 2.41. The standard InChI is InChI=1S/C66H46N2Si/c1-5-20-47(21-6-1)49-38-41-56(42-39-49)69(54-27-9-3-10-28-54,55-29-11-4-12-30-55)57-31-18-26-52(45-57)67-62-35-15-13-32-59(62)61-46-53(40-43-64(61)67)68-63-36-16-14-33-60(63)66-58(34-19-37-65(66)68)51-25-17-24-50(44-51)48-22-7-2-8-23-48/h1-46H/i2D,7D,8D,17D,22D,23D,24D,25D,44D. The van der Waals surface area contributed by atoms with Crippen molar-refractivity contribution in [1.82, 2.24) is 9.13 Å². The molecule has 11 aromatic carbocycles. The van der Waals surface area contributed by atoms with E-state index < -0.39 is 50.4 Å². The Hall–Kier alpha value is -8.76. The van der Waals surface area contributed by atoms with E-state index in [1.807, 2.05) is 42.5 Å². The third kappa shape index (κ3) is 6.70. The average molecular weight is 904 g/mol. The minimum absolute atomic E-state index is 0.0304. The molecule has 0 spiro atoms. The van der Waals surface area contributed by atoms with Crippen LogP contribution in [0.25, 0.3) is 88.4 Å². The minimum atomic E-state index is -2.97. The smallest absolute Gasteiger partial charge is 0.179 e. The molecular weight excluding hydrogens is 849 g/mol. The number of fused-ring (bicyclic) bond motifs is 6. The molecule has 2 heterocycles. The molecule has 0 aliphatic rings. The second kappa shape index (κ2) is 16.8. The van der Waals surface area contributed by atoms with Crippen molar-refractivity contribution in [2.45, 2.75) is 0 Å². The Morgan fingerprint density at radius 3 is 1.57 bits per heavy atom. The molecule has 0 amide bonds. The first kappa shape index (κ1) is 32.0. The molecule has 2 aromatic heterocycles. The number of hydrogen-bond donors (Lipinski definition) is 0. The van der Waals surface area contributed by atoms with Gasteiger partial charge in [0.05, 0.1) is 34.4 Å². The lowest BCUT2D eigenvalue weighted by molar-refractivity contribution is 1.17. The van der Waals surface area contributed by atoms with Gasteiger partial charge in [-0.05, 0) is 109 Å². The van der Waals surface area contributed by atoms with Gasteiger partial charge >= 0.3 is 0 Å². The maximum atomic E-state index is 9.63. The van der Waals surface area contributed by atoms with E-state index in [0.717, 1.165) is 49.6 Å². The molecule has 0 aliphatic carbocycles. The molecule has 0 atom stereocenters. The highest BCUT2D eigenvalue weighted by molar-refractivity contribution is 7.19. The third-order valence-corrected chi connectivity index (χ3v) is 18.4. The van der Waals surface area contributed by atoms with Crippen LogP contribution in [-0.4, -0.2) is 17.2 Å². The molecule has 0 aliphatic heterocycles. The number of nitrogens with zero attached hydrogens (tertiary/aromatic N) is 2. The fourth-order valence-electron chi connectivity index (χ4n) is 10.7. The largest absolute Gasteiger partial charge is 0.309 e. The molecule has 0 bridgehead atoms. The third-order valence-electron chi connectivity index (χ3n) is 13.6. The van der Waals surface area contributed by atoms with E-state index >= 15 is 0 Å². The first-order valence-electron chi connectivity index (χ1n) is 27.6. The molecule has 69 heavy (non-hydrogen) atoms. The molecule has 0 N–H and O–H groups in total. The number of benzene rings is 11. The Morgan fingerprint density at radius 2 is 0.826 bits per heavy atom. The summed E-state index contributed by atoms with van der Waals surface area (Å²) in [4.78, 5) is 0. The van der Waals surface area contributed by atoms with Gasteiger partial charge in [-0.2, -0.15) is 0 Å². The van der Waals surface area contributed by atoms with E-state index in [9.17, 15) is 2.74 Å². The van der Waals surface area contributed by atoms with Gasteiger partial charge in [-0.15, -0.1) is 0 Å². The molecule has 0 fully saturated rings. The van der Waals surface area contributed by atoms with E-state index in [-0.39, 0.29) is 28.8 Å². The van der Waals surface area contributed by atoms with Crippen LogP contribution in [0, 0.1) is 0 Å². The summed E-state index contributed by atoms with van der Waals surface area (Å²) in [5.41, 5.74) is 7.80. The van der Waals surface area contributed by atoms with Crippen molar-refractivity contribution in [1.29, 1.82) is 0 Å². The quantitative estimate of drug-likeness (QED) is 0.101. The summed E-state index contributed by atoms with van der Waals surface area (Å²) in [7, 11) is -2.97. The Labute approximate surface area is 415 Å². The van der Waals surface area contributed by atoms with Crippen molar-refractivity contribution in [2.24, 2.45) is 0 Å². The van der Waals surface area contributed by atoms with Crippen LogP contribution in [0.5, 0.6) is 0 Å². The van der Waals surface area contributed by atoms with Crippen LogP contribution in [0.15, 0.2) is 279 Å². The maximum absolute atomic E-state index is 9.63. The predicted molar refractivity (Wildman–Crippen MR) is 295 cm³/mol. The zero-order valence-corrected chi connectivity index (χ0v) is 38.3. The van der Waals surface area contributed by atoms with Crippen molar-refractivity contribution in [3.8, 4) is 44.8 Å². The molecule has 0 radical (unpaired) electrons. The lowest BCUT2D eigenvalue weighted by Gasteiger charge is -2.35. The summed E-state index contributed by atoms with van der Waals surface area (Å²) in [5, 5.41) is 8.73. The van der Waals surface area contributed by atoms with Gasteiger partial charge in [0.25, 0.3) is 0 Å². The Bertz CT molecular complexity index is 4470. The molecule has 0 saturated carbocycles. The summed E-state index contributed by atoms with van der Waals surface area (Å²) < 4.78 is 83.9. The average Bonchev–Trinajstić information content (AvgIpc) is 4.19. The second-order valence-electron chi connectivity index (χ2n) is 17.3. The van der Waals surface area contributed by atoms with Crippen molar-refractivity contribution < 1.29 is 12.3 Å². The highest BCUT2D eigenvalue weighted by Crippen LogP contribution is 2.41. The van der Waals surface area contributed by atoms with Crippen LogP contribution in [0.2, 0.25) is 0 Å². The van der Waals surface area contributed by atoms with Gasteiger partial charge in [0, 0.05) is 32.9 Å². The first-order chi connectivity index (χ1) is 38.0. The van der Waals surface area contributed by atoms with Crippen molar-refractivity contribution in [2.75, 3.05) is 0 Å². The van der Waals surface area contributed by atoms with Crippen LogP contribution in [-0.2, 0) is 0 Å². The normalized spacial score (nSPS) is 13.6. The fourth-order valence-corrected chi connectivity index (χ4v) is 15.4. The zero-order chi connectivity index (χ0) is 53.6. The molecule has 0 saturated heterocycles. The van der Waals surface area contributed by atoms with Crippen LogP contribution in [0.4, 0.5) is 0 Å². The lowest BCUT2D eigenvalue weighted by atomic mass is 9.96. The number of rotatable bonds is 9. The lowest BCUT2D eigenvalue weighted by Crippen LogP contribution is -2.74.